The van der Waals surface area contributed by atoms with E-state index in [1.165, 1.54) is 18.4 Å². The zero-order valence-corrected chi connectivity index (χ0v) is 16.7. The molecule has 1 unspecified atom stereocenters. The number of aromatic hydroxyl groups is 1. The molecule has 148 valence electrons. The molecule has 0 saturated heterocycles. The number of phenolic OH excluding ortho intramolecular Hbond substituents is 1. The summed E-state index contributed by atoms with van der Waals surface area (Å²) in [5.41, 5.74) is 2.92. The molecule has 0 heterocycles. The second kappa shape index (κ2) is 8.38. The maximum absolute atomic E-state index is 12.6. The highest BCUT2D eigenvalue weighted by Gasteiger charge is 2.37. The first-order chi connectivity index (χ1) is 13.6. The number of rotatable bonds is 6. The monoisotopic (exact) mass is 378 g/mol. The molecule has 2 aliphatic carbocycles. The zero-order chi connectivity index (χ0) is 19.5. The highest BCUT2D eigenvalue weighted by Crippen LogP contribution is 2.48. The third-order valence-corrected chi connectivity index (χ3v) is 6.41. The second-order valence-corrected chi connectivity index (χ2v) is 8.49. The van der Waals surface area contributed by atoms with Crippen molar-refractivity contribution in [1.82, 2.24) is 0 Å². The molecule has 1 saturated carbocycles. The highest BCUT2D eigenvalue weighted by molar-refractivity contribution is 6.01. The van der Waals surface area contributed by atoms with Crippen molar-refractivity contribution in [1.29, 1.82) is 0 Å². The van der Waals surface area contributed by atoms with E-state index in [0.717, 1.165) is 37.7 Å². The molecule has 1 N–H and O–H groups in total. The molecule has 2 aromatic rings. The Kier molecular flexibility index (Phi) is 5.70. The van der Waals surface area contributed by atoms with Gasteiger partial charge in [0.05, 0.1) is 11.7 Å². The van der Waals surface area contributed by atoms with Crippen LogP contribution in [0.5, 0.6) is 11.5 Å². The van der Waals surface area contributed by atoms with Gasteiger partial charge < -0.3 is 9.84 Å². The standard InChI is InChI=1S/C25H30O3/c1-17(8-7-11-18-9-3-2-4-10-18)28-20-15-22-21-13-6-5-12-19(21)14-23(26)25(22)24(27)16-20/h2-4,9-10,15-17,19,21,27H,5-8,11-14H2,1H3/t17?,19-,21+/m0/s1. The fraction of sp³-hybridized carbons (Fsp3) is 0.480. The van der Waals surface area contributed by atoms with E-state index < -0.39 is 0 Å². The van der Waals surface area contributed by atoms with Crippen LogP contribution in [0.2, 0.25) is 0 Å². The lowest BCUT2D eigenvalue weighted by Gasteiger charge is -2.36. The van der Waals surface area contributed by atoms with Crippen LogP contribution < -0.4 is 4.74 Å². The first-order valence-electron chi connectivity index (χ1n) is 10.7. The number of phenols is 1. The average molecular weight is 379 g/mol. The van der Waals surface area contributed by atoms with E-state index in [-0.39, 0.29) is 17.6 Å². The second-order valence-electron chi connectivity index (χ2n) is 8.49. The van der Waals surface area contributed by atoms with Gasteiger partial charge in [0.15, 0.2) is 5.78 Å². The molecule has 0 bridgehead atoms. The van der Waals surface area contributed by atoms with Gasteiger partial charge in [-0.25, -0.2) is 0 Å². The molecule has 0 aliphatic heterocycles. The Morgan fingerprint density at radius 1 is 1.14 bits per heavy atom. The van der Waals surface area contributed by atoms with E-state index in [1.807, 2.05) is 12.1 Å². The van der Waals surface area contributed by atoms with Crippen LogP contribution in [0.4, 0.5) is 0 Å². The molecule has 0 amide bonds. The summed E-state index contributed by atoms with van der Waals surface area (Å²) in [5, 5.41) is 10.5. The Bertz CT molecular complexity index is 827. The normalized spacial score (nSPS) is 22.2. The summed E-state index contributed by atoms with van der Waals surface area (Å²) in [6.45, 7) is 2.08. The number of benzene rings is 2. The van der Waals surface area contributed by atoms with Crippen LogP contribution >= 0.6 is 0 Å². The zero-order valence-electron chi connectivity index (χ0n) is 16.7. The molecule has 0 aromatic heterocycles. The smallest absolute Gasteiger partial charge is 0.167 e. The SMILES string of the molecule is CC(CCCc1ccccc1)Oc1cc(O)c2c(c1)[C@@H]1CCCC[C@H]1CC2=O. The van der Waals surface area contributed by atoms with Crippen LogP contribution in [-0.4, -0.2) is 17.0 Å². The summed E-state index contributed by atoms with van der Waals surface area (Å²) in [4.78, 5) is 12.6. The molecule has 3 nitrogen and oxygen atoms in total. The summed E-state index contributed by atoms with van der Waals surface area (Å²) < 4.78 is 6.14. The largest absolute Gasteiger partial charge is 0.507 e. The van der Waals surface area contributed by atoms with Crippen molar-refractivity contribution in [3.8, 4) is 11.5 Å². The lowest BCUT2D eigenvalue weighted by molar-refractivity contribution is 0.0915. The van der Waals surface area contributed by atoms with Crippen molar-refractivity contribution in [2.75, 3.05) is 0 Å². The predicted molar refractivity (Wildman–Crippen MR) is 111 cm³/mol. The maximum Gasteiger partial charge on any atom is 0.167 e. The molecule has 2 aliphatic rings. The number of Topliss-reactive ketones (excluding diaryl/α,β-unsaturated/α-hetero) is 1. The molecule has 0 radical (unpaired) electrons. The van der Waals surface area contributed by atoms with Crippen LogP contribution in [0, 0.1) is 5.92 Å². The first kappa shape index (κ1) is 19.0. The van der Waals surface area contributed by atoms with Gasteiger partial charge in [0.2, 0.25) is 0 Å². The van der Waals surface area contributed by atoms with Gasteiger partial charge in [-0.3, -0.25) is 4.79 Å². The third-order valence-electron chi connectivity index (χ3n) is 6.41. The van der Waals surface area contributed by atoms with Crippen molar-refractivity contribution >= 4 is 5.78 Å². The Hall–Kier alpha value is -2.29. The van der Waals surface area contributed by atoms with Crippen molar-refractivity contribution in [3.63, 3.8) is 0 Å². The number of hydrogen-bond acceptors (Lipinski definition) is 3. The van der Waals surface area contributed by atoms with Gasteiger partial charge in [0, 0.05) is 12.5 Å². The van der Waals surface area contributed by atoms with E-state index in [2.05, 4.69) is 31.2 Å². The van der Waals surface area contributed by atoms with Crippen molar-refractivity contribution in [2.24, 2.45) is 5.92 Å². The fourth-order valence-electron chi connectivity index (χ4n) is 5.02. The summed E-state index contributed by atoms with van der Waals surface area (Å²) in [5.74, 6) is 1.72. The fourth-order valence-corrected chi connectivity index (χ4v) is 5.02. The Morgan fingerprint density at radius 3 is 2.75 bits per heavy atom. The Morgan fingerprint density at radius 2 is 1.93 bits per heavy atom. The van der Waals surface area contributed by atoms with E-state index in [9.17, 15) is 9.90 Å². The number of fused-ring (bicyclic) bond motifs is 3. The predicted octanol–water partition coefficient (Wildman–Crippen LogP) is 6.04. The molecule has 4 rings (SSSR count). The van der Waals surface area contributed by atoms with Gasteiger partial charge in [0.25, 0.3) is 0 Å². The minimum atomic E-state index is 0.0719. The van der Waals surface area contributed by atoms with Crippen LogP contribution in [0.15, 0.2) is 42.5 Å². The number of hydrogen-bond donors (Lipinski definition) is 1. The summed E-state index contributed by atoms with van der Waals surface area (Å²) >= 11 is 0. The third kappa shape index (κ3) is 4.09. The molecule has 3 heteroatoms. The van der Waals surface area contributed by atoms with Gasteiger partial charge >= 0.3 is 0 Å². The van der Waals surface area contributed by atoms with E-state index >= 15 is 0 Å². The summed E-state index contributed by atoms with van der Waals surface area (Å²) in [7, 11) is 0. The van der Waals surface area contributed by atoms with Crippen molar-refractivity contribution in [2.45, 2.75) is 70.3 Å². The lowest BCUT2D eigenvalue weighted by Crippen LogP contribution is -2.28. The minimum absolute atomic E-state index is 0.0719. The van der Waals surface area contributed by atoms with E-state index in [0.29, 0.717) is 29.6 Å². The van der Waals surface area contributed by atoms with Crippen molar-refractivity contribution in [3.05, 3.63) is 59.2 Å². The average Bonchev–Trinajstić information content (AvgIpc) is 2.68. The number of ketones is 1. The molecule has 1 fully saturated rings. The minimum Gasteiger partial charge on any atom is -0.507 e. The number of ether oxygens (including phenoxy) is 1. The van der Waals surface area contributed by atoms with E-state index in [4.69, 9.17) is 4.74 Å². The summed E-state index contributed by atoms with van der Waals surface area (Å²) in [6, 6.07) is 14.2. The van der Waals surface area contributed by atoms with Crippen molar-refractivity contribution < 1.29 is 14.6 Å². The van der Waals surface area contributed by atoms with Crippen LogP contribution in [0.1, 0.15) is 79.3 Å². The molecular weight excluding hydrogens is 348 g/mol. The van der Waals surface area contributed by atoms with Crippen LogP contribution in [-0.2, 0) is 6.42 Å². The summed E-state index contributed by atoms with van der Waals surface area (Å²) in [6.07, 6.45) is 8.37. The lowest BCUT2D eigenvalue weighted by atomic mass is 9.67. The Balaban J connectivity index is 1.44. The van der Waals surface area contributed by atoms with Gasteiger partial charge in [-0.2, -0.15) is 0 Å². The molecule has 0 spiro atoms. The van der Waals surface area contributed by atoms with Gasteiger partial charge in [0.1, 0.15) is 11.5 Å². The number of carbonyl (C=O) groups excluding carboxylic acids is 1. The van der Waals surface area contributed by atoms with E-state index in [1.54, 1.807) is 6.07 Å². The highest BCUT2D eigenvalue weighted by atomic mass is 16.5. The van der Waals surface area contributed by atoms with Gasteiger partial charge in [-0.05, 0) is 68.1 Å². The number of aryl methyl sites for hydroxylation is 1. The quantitative estimate of drug-likeness (QED) is 0.666. The Labute approximate surface area is 167 Å². The van der Waals surface area contributed by atoms with Crippen LogP contribution in [0.25, 0.3) is 0 Å². The maximum atomic E-state index is 12.6. The number of carbonyl (C=O) groups is 1. The van der Waals surface area contributed by atoms with Gasteiger partial charge in [-0.1, -0.05) is 43.2 Å². The molecule has 2 aromatic carbocycles. The van der Waals surface area contributed by atoms with Gasteiger partial charge in [-0.15, -0.1) is 0 Å². The van der Waals surface area contributed by atoms with Crippen LogP contribution in [0.3, 0.4) is 0 Å². The molecule has 3 atom stereocenters. The first-order valence-corrected chi connectivity index (χ1v) is 10.7. The molecular formula is C25H30O3. The topological polar surface area (TPSA) is 46.5 Å². The molecule has 28 heavy (non-hydrogen) atoms.